The summed E-state index contributed by atoms with van der Waals surface area (Å²) in [4.78, 5) is 25.1. The molecule has 0 bridgehead atoms. The SMILES string of the molecule is CC1=C(C)C(=O)N(c2ccc(Cl)c(C)c2)C1=O. The molecule has 1 aliphatic heterocycles. The van der Waals surface area contributed by atoms with E-state index in [2.05, 4.69) is 0 Å². The molecule has 0 aliphatic carbocycles. The minimum atomic E-state index is -0.255. The van der Waals surface area contributed by atoms with Crippen molar-refractivity contribution in [1.29, 1.82) is 0 Å². The minimum Gasteiger partial charge on any atom is -0.269 e. The van der Waals surface area contributed by atoms with Gasteiger partial charge in [-0.25, -0.2) is 4.90 Å². The average molecular weight is 250 g/mol. The van der Waals surface area contributed by atoms with Gasteiger partial charge < -0.3 is 0 Å². The van der Waals surface area contributed by atoms with E-state index in [1.165, 1.54) is 4.90 Å². The third kappa shape index (κ3) is 1.76. The molecule has 2 rings (SSSR count). The first kappa shape index (κ1) is 11.9. The first-order valence-electron chi connectivity index (χ1n) is 5.26. The Hall–Kier alpha value is -1.61. The molecule has 88 valence electrons. The molecule has 1 aromatic carbocycles. The molecule has 17 heavy (non-hydrogen) atoms. The summed E-state index contributed by atoms with van der Waals surface area (Å²) in [6, 6.07) is 5.11. The van der Waals surface area contributed by atoms with Crippen LogP contribution in [0.3, 0.4) is 0 Å². The van der Waals surface area contributed by atoms with E-state index in [0.717, 1.165) is 5.56 Å². The molecule has 0 aromatic heterocycles. The van der Waals surface area contributed by atoms with Crippen molar-refractivity contribution >= 4 is 29.1 Å². The second-order valence-electron chi connectivity index (χ2n) is 4.13. The second-order valence-corrected chi connectivity index (χ2v) is 4.54. The quantitative estimate of drug-likeness (QED) is 0.718. The van der Waals surface area contributed by atoms with Gasteiger partial charge in [0, 0.05) is 16.2 Å². The average Bonchev–Trinajstić information content (AvgIpc) is 2.48. The van der Waals surface area contributed by atoms with Gasteiger partial charge in [-0.1, -0.05) is 11.6 Å². The number of halogens is 1. The van der Waals surface area contributed by atoms with Crippen molar-refractivity contribution in [2.45, 2.75) is 20.8 Å². The Morgan fingerprint density at radius 1 is 1.00 bits per heavy atom. The fraction of sp³-hybridized carbons (Fsp3) is 0.231. The Kier molecular flexibility index (Phi) is 2.79. The lowest BCUT2D eigenvalue weighted by atomic mass is 10.2. The topological polar surface area (TPSA) is 37.4 Å². The highest BCUT2D eigenvalue weighted by Gasteiger charge is 2.34. The van der Waals surface area contributed by atoms with Gasteiger partial charge in [0.2, 0.25) is 0 Å². The summed E-state index contributed by atoms with van der Waals surface area (Å²) in [6.07, 6.45) is 0. The zero-order chi connectivity index (χ0) is 12.7. The van der Waals surface area contributed by atoms with E-state index in [0.29, 0.717) is 21.9 Å². The maximum absolute atomic E-state index is 11.9. The number of nitrogens with zero attached hydrogens (tertiary/aromatic N) is 1. The fourth-order valence-electron chi connectivity index (χ4n) is 1.75. The third-order valence-corrected chi connectivity index (χ3v) is 3.43. The van der Waals surface area contributed by atoms with Crippen molar-refractivity contribution < 1.29 is 9.59 Å². The molecular weight excluding hydrogens is 238 g/mol. The zero-order valence-corrected chi connectivity index (χ0v) is 10.6. The number of carbonyl (C=O) groups is 2. The van der Waals surface area contributed by atoms with Crippen molar-refractivity contribution in [3.8, 4) is 0 Å². The smallest absolute Gasteiger partial charge is 0.261 e. The number of carbonyl (C=O) groups excluding carboxylic acids is 2. The molecule has 0 spiro atoms. The zero-order valence-electron chi connectivity index (χ0n) is 9.87. The summed E-state index contributed by atoms with van der Waals surface area (Å²) in [5, 5.41) is 0.620. The number of hydrogen-bond acceptors (Lipinski definition) is 2. The van der Waals surface area contributed by atoms with E-state index in [1.807, 2.05) is 6.92 Å². The summed E-state index contributed by atoms with van der Waals surface area (Å²) >= 11 is 5.92. The van der Waals surface area contributed by atoms with Gasteiger partial charge in [-0.2, -0.15) is 0 Å². The highest BCUT2D eigenvalue weighted by molar-refractivity contribution is 6.33. The Morgan fingerprint density at radius 3 is 2.00 bits per heavy atom. The standard InChI is InChI=1S/C13H12ClNO2/c1-7-6-10(4-5-11(7)14)15-12(16)8(2)9(3)13(15)17/h4-6H,1-3H3. The van der Waals surface area contributed by atoms with Crippen LogP contribution in [0.25, 0.3) is 0 Å². The van der Waals surface area contributed by atoms with Crippen molar-refractivity contribution in [2.75, 3.05) is 4.90 Å². The molecule has 0 radical (unpaired) electrons. The number of amides is 2. The summed E-state index contributed by atoms with van der Waals surface area (Å²) in [7, 11) is 0. The van der Waals surface area contributed by atoms with Crippen LogP contribution in [0.5, 0.6) is 0 Å². The van der Waals surface area contributed by atoms with Crippen LogP contribution >= 0.6 is 11.6 Å². The maximum atomic E-state index is 11.9. The van der Waals surface area contributed by atoms with E-state index in [-0.39, 0.29) is 11.8 Å². The molecule has 0 saturated carbocycles. The molecule has 3 nitrogen and oxygen atoms in total. The lowest BCUT2D eigenvalue weighted by Gasteiger charge is -2.15. The molecule has 0 atom stereocenters. The van der Waals surface area contributed by atoms with Crippen molar-refractivity contribution in [3.63, 3.8) is 0 Å². The second kappa shape index (κ2) is 4.00. The number of benzene rings is 1. The van der Waals surface area contributed by atoms with Gasteiger partial charge in [0.25, 0.3) is 11.8 Å². The highest BCUT2D eigenvalue weighted by Crippen LogP contribution is 2.29. The predicted molar refractivity (Wildman–Crippen MR) is 67.1 cm³/mol. The van der Waals surface area contributed by atoms with Crippen molar-refractivity contribution in [2.24, 2.45) is 0 Å². The molecule has 1 aliphatic rings. The maximum Gasteiger partial charge on any atom is 0.261 e. The van der Waals surface area contributed by atoms with Gasteiger partial charge in [-0.3, -0.25) is 9.59 Å². The first-order chi connectivity index (χ1) is 7.93. The first-order valence-corrected chi connectivity index (χ1v) is 5.63. The highest BCUT2D eigenvalue weighted by atomic mass is 35.5. The van der Waals surface area contributed by atoms with Gasteiger partial charge in [0.15, 0.2) is 0 Å². The molecule has 1 heterocycles. The normalized spacial score (nSPS) is 16.1. The Bertz CT molecular complexity index is 537. The number of anilines is 1. The molecule has 0 saturated heterocycles. The number of imide groups is 1. The fourth-order valence-corrected chi connectivity index (χ4v) is 1.87. The van der Waals surface area contributed by atoms with Gasteiger partial charge >= 0.3 is 0 Å². The number of aryl methyl sites for hydroxylation is 1. The number of hydrogen-bond donors (Lipinski definition) is 0. The van der Waals surface area contributed by atoms with Gasteiger partial charge in [-0.05, 0) is 44.5 Å². The van der Waals surface area contributed by atoms with E-state index >= 15 is 0 Å². The van der Waals surface area contributed by atoms with Gasteiger partial charge in [-0.15, -0.1) is 0 Å². The monoisotopic (exact) mass is 249 g/mol. The largest absolute Gasteiger partial charge is 0.269 e. The molecule has 2 amide bonds. The van der Waals surface area contributed by atoms with E-state index < -0.39 is 0 Å². The van der Waals surface area contributed by atoms with Crippen LogP contribution < -0.4 is 4.90 Å². The van der Waals surface area contributed by atoms with Crippen LogP contribution in [-0.2, 0) is 9.59 Å². The summed E-state index contributed by atoms with van der Waals surface area (Å²) in [6.45, 7) is 5.17. The van der Waals surface area contributed by atoms with Crippen molar-refractivity contribution in [1.82, 2.24) is 0 Å². The summed E-state index contributed by atoms with van der Waals surface area (Å²) in [5.74, 6) is -0.511. The van der Waals surface area contributed by atoms with E-state index in [9.17, 15) is 9.59 Å². The molecule has 0 N–H and O–H groups in total. The lowest BCUT2D eigenvalue weighted by molar-refractivity contribution is -0.120. The predicted octanol–water partition coefficient (Wildman–Crippen LogP) is 2.86. The number of rotatable bonds is 1. The lowest BCUT2D eigenvalue weighted by Crippen LogP contribution is -2.31. The van der Waals surface area contributed by atoms with Crippen LogP contribution in [0.15, 0.2) is 29.3 Å². The molecule has 0 fully saturated rings. The van der Waals surface area contributed by atoms with Gasteiger partial charge in [0.05, 0.1) is 5.69 Å². The molecule has 1 aromatic rings. The van der Waals surface area contributed by atoms with Crippen LogP contribution in [0, 0.1) is 6.92 Å². The molecular formula is C13H12ClNO2. The van der Waals surface area contributed by atoms with Crippen molar-refractivity contribution in [3.05, 3.63) is 39.9 Å². The van der Waals surface area contributed by atoms with Crippen LogP contribution in [0.1, 0.15) is 19.4 Å². The molecule has 4 heteroatoms. The summed E-state index contributed by atoms with van der Waals surface area (Å²) < 4.78 is 0. The Morgan fingerprint density at radius 2 is 1.53 bits per heavy atom. The molecule has 0 unspecified atom stereocenters. The van der Waals surface area contributed by atoms with Crippen LogP contribution in [0.4, 0.5) is 5.69 Å². The Balaban J connectivity index is 2.47. The van der Waals surface area contributed by atoms with Gasteiger partial charge in [0.1, 0.15) is 0 Å². The minimum absolute atomic E-state index is 0.255. The van der Waals surface area contributed by atoms with Crippen LogP contribution in [0.2, 0.25) is 5.02 Å². The summed E-state index contributed by atoms with van der Waals surface area (Å²) in [5.41, 5.74) is 2.41. The van der Waals surface area contributed by atoms with E-state index in [1.54, 1.807) is 32.0 Å². The van der Waals surface area contributed by atoms with E-state index in [4.69, 9.17) is 11.6 Å². The third-order valence-electron chi connectivity index (χ3n) is 3.01. The Labute approximate surface area is 105 Å². The van der Waals surface area contributed by atoms with Crippen LogP contribution in [-0.4, -0.2) is 11.8 Å².